The van der Waals surface area contributed by atoms with Crippen molar-refractivity contribution in [3.05, 3.63) is 29.3 Å². The molecule has 0 aromatic heterocycles. The van der Waals surface area contributed by atoms with Crippen molar-refractivity contribution in [3.8, 4) is 5.75 Å². The van der Waals surface area contributed by atoms with Gasteiger partial charge in [0.2, 0.25) is 0 Å². The summed E-state index contributed by atoms with van der Waals surface area (Å²) in [5.41, 5.74) is 2.51. The lowest BCUT2D eigenvalue weighted by Gasteiger charge is -2.33. The van der Waals surface area contributed by atoms with Gasteiger partial charge >= 0.3 is 5.97 Å². The predicted molar refractivity (Wildman–Crippen MR) is 78.1 cm³/mol. The predicted octanol–water partition coefficient (Wildman–Crippen LogP) is 2.70. The fourth-order valence-electron chi connectivity index (χ4n) is 2.72. The number of ether oxygens (including phenoxy) is 1. The first-order chi connectivity index (χ1) is 9.65. The number of carboxylic acid groups (broad SMARTS) is 1. The lowest BCUT2D eigenvalue weighted by Crippen LogP contribution is -2.43. The third kappa shape index (κ3) is 3.31. The Morgan fingerprint density at radius 3 is 2.85 bits per heavy atom. The van der Waals surface area contributed by atoms with Gasteiger partial charge in [0.05, 0.1) is 6.61 Å². The highest BCUT2D eigenvalue weighted by Crippen LogP contribution is 2.25. The van der Waals surface area contributed by atoms with Crippen LogP contribution in [-0.2, 0) is 17.8 Å². The highest BCUT2D eigenvalue weighted by atomic mass is 16.5. The molecule has 4 nitrogen and oxygen atoms in total. The summed E-state index contributed by atoms with van der Waals surface area (Å²) in [6.07, 6.45) is 2.53. The molecule has 0 radical (unpaired) electrons. The molecule has 1 unspecified atom stereocenters. The molecule has 0 bridgehead atoms. The number of nitrogens with zero attached hydrogens (tertiary/aromatic N) is 1. The van der Waals surface area contributed by atoms with E-state index in [1.54, 1.807) is 0 Å². The first-order valence-corrected chi connectivity index (χ1v) is 7.37. The SMILES string of the molecule is CCCOc1ccc2c(c1)CCN(C(CC)C(=O)O)C2. The highest BCUT2D eigenvalue weighted by Gasteiger charge is 2.27. The third-order valence-electron chi connectivity index (χ3n) is 3.80. The normalized spacial score (nSPS) is 16.5. The zero-order valence-electron chi connectivity index (χ0n) is 12.3. The Kier molecular flexibility index (Phi) is 5.01. The summed E-state index contributed by atoms with van der Waals surface area (Å²) in [5, 5.41) is 9.25. The molecule has 4 heteroatoms. The van der Waals surface area contributed by atoms with E-state index in [-0.39, 0.29) is 6.04 Å². The van der Waals surface area contributed by atoms with E-state index in [1.807, 2.05) is 13.0 Å². The largest absolute Gasteiger partial charge is 0.494 e. The van der Waals surface area contributed by atoms with Crippen LogP contribution in [0, 0.1) is 0 Å². The second kappa shape index (κ2) is 6.75. The zero-order chi connectivity index (χ0) is 14.5. The van der Waals surface area contributed by atoms with Crippen LogP contribution in [0.1, 0.15) is 37.8 Å². The Bertz CT molecular complexity index is 473. The molecule has 0 saturated carbocycles. The van der Waals surface area contributed by atoms with E-state index >= 15 is 0 Å². The first kappa shape index (κ1) is 14.9. The number of benzene rings is 1. The Morgan fingerprint density at radius 1 is 1.40 bits per heavy atom. The number of carbonyl (C=O) groups is 1. The molecule has 1 N–H and O–H groups in total. The lowest BCUT2D eigenvalue weighted by molar-refractivity contribution is -0.143. The van der Waals surface area contributed by atoms with Crippen molar-refractivity contribution in [2.24, 2.45) is 0 Å². The number of fused-ring (bicyclic) bond motifs is 1. The summed E-state index contributed by atoms with van der Waals surface area (Å²) < 4.78 is 5.65. The van der Waals surface area contributed by atoms with Crippen LogP contribution in [0.4, 0.5) is 0 Å². The molecule has 110 valence electrons. The molecule has 1 heterocycles. The number of carboxylic acids is 1. The van der Waals surface area contributed by atoms with Gasteiger partial charge in [0.25, 0.3) is 0 Å². The van der Waals surface area contributed by atoms with Crippen molar-refractivity contribution in [1.82, 2.24) is 4.90 Å². The molecule has 1 aromatic rings. The molecular weight excluding hydrogens is 254 g/mol. The fourth-order valence-corrected chi connectivity index (χ4v) is 2.72. The molecule has 20 heavy (non-hydrogen) atoms. The Balaban J connectivity index is 2.09. The topological polar surface area (TPSA) is 49.8 Å². The van der Waals surface area contributed by atoms with Crippen molar-refractivity contribution in [1.29, 1.82) is 0 Å². The Hall–Kier alpha value is -1.55. The minimum atomic E-state index is -0.723. The molecule has 1 aromatic carbocycles. The van der Waals surface area contributed by atoms with E-state index in [0.29, 0.717) is 13.0 Å². The minimum absolute atomic E-state index is 0.376. The second-order valence-corrected chi connectivity index (χ2v) is 5.26. The van der Waals surface area contributed by atoms with E-state index in [1.165, 1.54) is 11.1 Å². The first-order valence-electron chi connectivity index (χ1n) is 7.37. The van der Waals surface area contributed by atoms with Crippen molar-refractivity contribution in [2.75, 3.05) is 13.2 Å². The lowest BCUT2D eigenvalue weighted by atomic mass is 9.97. The smallest absolute Gasteiger partial charge is 0.320 e. The van der Waals surface area contributed by atoms with E-state index in [2.05, 4.69) is 24.0 Å². The zero-order valence-corrected chi connectivity index (χ0v) is 12.3. The van der Waals surface area contributed by atoms with Crippen LogP contribution in [0.3, 0.4) is 0 Å². The van der Waals surface area contributed by atoms with Crippen LogP contribution >= 0.6 is 0 Å². The molecular formula is C16H23NO3. The molecule has 0 saturated heterocycles. The van der Waals surface area contributed by atoms with Gasteiger partial charge in [-0.1, -0.05) is 19.9 Å². The molecule has 1 aliphatic heterocycles. The van der Waals surface area contributed by atoms with Gasteiger partial charge in [-0.3, -0.25) is 9.69 Å². The monoisotopic (exact) mass is 277 g/mol. The van der Waals surface area contributed by atoms with E-state index in [0.717, 1.165) is 31.7 Å². The van der Waals surface area contributed by atoms with Crippen LogP contribution in [-0.4, -0.2) is 35.2 Å². The average molecular weight is 277 g/mol. The van der Waals surface area contributed by atoms with Crippen molar-refractivity contribution >= 4 is 5.97 Å². The molecule has 1 aliphatic rings. The van der Waals surface area contributed by atoms with Crippen LogP contribution in [0.2, 0.25) is 0 Å². The molecule has 0 amide bonds. The van der Waals surface area contributed by atoms with Crippen LogP contribution in [0.25, 0.3) is 0 Å². The maximum Gasteiger partial charge on any atom is 0.320 e. The van der Waals surface area contributed by atoms with Crippen molar-refractivity contribution < 1.29 is 14.6 Å². The van der Waals surface area contributed by atoms with Gasteiger partial charge in [-0.25, -0.2) is 0 Å². The van der Waals surface area contributed by atoms with Crippen LogP contribution < -0.4 is 4.74 Å². The van der Waals surface area contributed by atoms with Gasteiger partial charge in [-0.05, 0) is 42.5 Å². The molecule has 0 spiro atoms. The number of hydrogen-bond acceptors (Lipinski definition) is 3. The molecule has 1 atom stereocenters. The van der Waals surface area contributed by atoms with E-state index in [4.69, 9.17) is 4.74 Å². The van der Waals surface area contributed by atoms with Crippen LogP contribution in [0.15, 0.2) is 18.2 Å². The number of hydrogen-bond donors (Lipinski definition) is 1. The van der Waals surface area contributed by atoms with Gasteiger partial charge in [0.15, 0.2) is 0 Å². The van der Waals surface area contributed by atoms with Gasteiger partial charge in [0.1, 0.15) is 11.8 Å². The summed E-state index contributed by atoms with van der Waals surface area (Å²) in [7, 11) is 0. The Labute approximate surface area is 120 Å². The van der Waals surface area contributed by atoms with E-state index in [9.17, 15) is 9.90 Å². The van der Waals surface area contributed by atoms with Gasteiger partial charge in [0, 0.05) is 13.1 Å². The maximum atomic E-state index is 11.3. The maximum absolute atomic E-state index is 11.3. The van der Waals surface area contributed by atoms with Gasteiger partial charge < -0.3 is 9.84 Å². The van der Waals surface area contributed by atoms with Crippen LogP contribution in [0.5, 0.6) is 5.75 Å². The molecule has 0 aliphatic carbocycles. The highest BCUT2D eigenvalue weighted by molar-refractivity contribution is 5.73. The minimum Gasteiger partial charge on any atom is -0.494 e. The summed E-state index contributed by atoms with van der Waals surface area (Å²) >= 11 is 0. The second-order valence-electron chi connectivity index (χ2n) is 5.26. The number of rotatable bonds is 6. The molecule has 0 fully saturated rings. The quantitative estimate of drug-likeness (QED) is 0.868. The molecule has 2 rings (SSSR count). The third-order valence-corrected chi connectivity index (χ3v) is 3.80. The summed E-state index contributed by atoms with van der Waals surface area (Å²) in [4.78, 5) is 13.3. The van der Waals surface area contributed by atoms with Crippen molar-refractivity contribution in [3.63, 3.8) is 0 Å². The summed E-state index contributed by atoms with van der Waals surface area (Å²) in [6, 6.07) is 5.78. The van der Waals surface area contributed by atoms with Gasteiger partial charge in [-0.2, -0.15) is 0 Å². The van der Waals surface area contributed by atoms with E-state index < -0.39 is 5.97 Å². The number of aliphatic carboxylic acids is 1. The summed E-state index contributed by atoms with van der Waals surface area (Å²) in [5.74, 6) is 0.197. The Morgan fingerprint density at radius 2 is 2.20 bits per heavy atom. The average Bonchev–Trinajstić information content (AvgIpc) is 2.45. The summed E-state index contributed by atoms with van der Waals surface area (Å²) in [6.45, 7) is 6.27. The fraction of sp³-hybridized carbons (Fsp3) is 0.562. The standard InChI is InChI=1S/C16H23NO3/c1-3-9-20-14-6-5-13-11-17(8-7-12(13)10-14)15(4-2)16(18)19/h5-6,10,15H,3-4,7-9,11H2,1-2H3,(H,18,19). The van der Waals surface area contributed by atoms with Gasteiger partial charge in [-0.15, -0.1) is 0 Å². The van der Waals surface area contributed by atoms with Crippen molar-refractivity contribution in [2.45, 2.75) is 45.7 Å².